The van der Waals surface area contributed by atoms with Gasteiger partial charge in [-0.1, -0.05) is 357 Å². The topological polar surface area (TPSA) is 55.4 Å². The number of ether oxygens (including phenoxy) is 6. The molecule has 6 nitrogen and oxygen atoms in total. The molecule has 2 atom stereocenters. The van der Waals surface area contributed by atoms with Crippen LogP contribution in [0.5, 0.6) is 69.0 Å². The average molecular weight is 1650 g/mol. The zero-order valence-electron chi connectivity index (χ0n) is 64.4. The molecule has 0 bridgehead atoms. The van der Waals surface area contributed by atoms with Crippen LogP contribution >= 0.6 is 18.1 Å². The second-order valence-corrected chi connectivity index (χ2v) is 43.1. The van der Waals surface area contributed by atoms with Crippen molar-refractivity contribution in [3.8, 4) is 169 Å². The summed E-state index contributed by atoms with van der Waals surface area (Å²) in [4.78, 5) is 0. The maximum atomic E-state index is 6.89. The number of benzene rings is 18. The molecule has 0 N–H and O–H groups in total. The van der Waals surface area contributed by atoms with Crippen molar-refractivity contribution in [3.05, 3.63) is 419 Å². The highest BCUT2D eigenvalue weighted by Crippen LogP contribution is 2.64. The van der Waals surface area contributed by atoms with Gasteiger partial charge in [0.1, 0.15) is 69.0 Å². The first-order valence-corrected chi connectivity index (χ1v) is 48.3. The molecule has 570 valence electrons. The minimum Gasteiger partial charge on any atom is -0.456 e. The normalized spacial score (nSPS) is 15.3. The maximum absolute atomic E-state index is 6.89. The van der Waals surface area contributed by atoms with Crippen LogP contribution in [-0.2, 0) is 35.4 Å². The van der Waals surface area contributed by atoms with Gasteiger partial charge in [-0.15, -0.1) is 0 Å². The van der Waals surface area contributed by atoms with E-state index < -0.39 is 18.1 Å². The molecule has 12 heteroatoms. The monoisotopic (exact) mass is 1650 g/mol. The van der Waals surface area contributed by atoms with Gasteiger partial charge >= 0.3 is 0 Å². The van der Waals surface area contributed by atoms with Gasteiger partial charge in [-0.3, -0.25) is 0 Å². The van der Waals surface area contributed by atoms with Gasteiger partial charge in [0, 0.05) is 43.0 Å². The zero-order chi connectivity index (χ0) is 80.0. The van der Waals surface area contributed by atoms with Gasteiger partial charge < -0.3 is 28.4 Å². The lowest BCUT2D eigenvalue weighted by atomic mass is 10.0. The standard InChI is InChI=1S/3C36H23O2PS/c40-39-33-18-10-17-29(26-15-8-3-9-16-26)35(33)38-32-22-28(25-13-6-2-7-14-25)21-31(36(32)39)37-30-20-19-27(23-34(30)39)24-11-4-1-5-12-24;40-39-33-20-19-27(24-11-4-1-5-12-24)21-30(33)37-31-22-28(25-13-6-2-7-14-25)23-32(36(31)39)38-35-29(17-10-18-34(35)39)26-15-8-3-9-16-26;40-39-34-22-27(24-10-4-1-5-11-24)16-18-30(34)37-32-20-29(26-14-8-3-9-15-26)21-33(36(32)39)38-31-19-17-28(23-35(31)39)25-12-6-2-7-13-25/h3*1-23H. The first-order valence-electron chi connectivity index (χ1n) is 39.9. The Morgan fingerprint density at radius 2 is 0.367 bits per heavy atom. The molecule has 0 aromatic heterocycles. The summed E-state index contributed by atoms with van der Waals surface area (Å²) in [5, 5.41) is 9.41. The second kappa shape index (κ2) is 30.0. The Kier molecular flexibility index (Phi) is 18.2. The van der Waals surface area contributed by atoms with E-state index in [4.69, 9.17) is 63.8 Å². The predicted molar refractivity (Wildman–Crippen MR) is 507 cm³/mol. The van der Waals surface area contributed by atoms with Gasteiger partial charge in [0.25, 0.3) is 0 Å². The van der Waals surface area contributed by atoms with E-state index in [9.17, 15) is 0 Å². The van der Waals surface area contributed by atoms with Crippen molar-refractivity contribution < 1.29 is 28.4 Å². The van der Waals surface area contributed by atoms with Crippen LogP contribution in [0.2, 0.25) is 0 Å². The molecule has 0 radical (unpaired) electrons. The molecule has 0 saturated carbocycles. The summed E-state index contributed by atoms with van der Waals surface area (Å²) in [6.07, 6.45) is 0. The number of rotatable bonds is 9. The van der Waals surface area contributed by atoms with Crippen molar-refractivity contribution in [2.75, 3.05) is 0 Å². The Morgan fingerprint density at radius 1 is 0.142 bits per heavy atom. The van der Waals surface area contributed by atoms with E-state index in [-0.39, 0.29) is 0 Å². The van der Waals surface area contributed by atoms with Crippen LogP contribution in [0.3, 0.4) is 0 Å². The summed E-state index contributed by atoms with van der Waals surface area (Å²) in [6, 6.07) is 137. The van der Waals surface area contributed by atoms with E-state index in [2.05, 4.69) is 352 Å². The van der Waals surface area contributed by atoms with E-state index in [1.807, 2.05) is 66.7 Å². The highest BCUT2D eigenvalue weighted by molar-refractivity contribution is 8.27. The smallest absolute Gasteiger partial charge is 0.144 e. The zero-order valence-corrected chi connectivity index (χ0v) is 69.5. The number of hydrogen-bond acceptors (Lipinski definition) is 9. The lowest BCUT2D eigenvalue weighted by Gasteiger charge is -2.38. The van der Waals surface area contributed by atoms with Gasteiger partial charge in [0.05, 0.1) is 34.0 Å². The summed E-state index contributed by atoms with van der Waals surface area (Å²) in [6.45, 7) is 0. The van der Waals surface area contributed by atoms with Gasteiger partial charge in [-0.05, 0) is 186 Å². The molecule has 6 aliphatic rings. The molecular weight excluding hydrogens is 1580 g/mol. The van der Waals surface area contributed by atoms with Crippen LogP contribution in [0, 0.1) is 0 Å². The second-order valence-electron chi connectivity index (χ2n) is 30.2. The van der Waals surface area contributed by atoms with Gasteiger partial charge in [0.2, 0.25) is 0 Å². The molecule has 6 aliphatic heterocycles. The predicted octanol–water partition coefficient (Wildman–Crippen LogP) is 26.0. The molecular formula is C108H69O6P3S3. The SMILES string of the molecule is S=P12c3cc(-c4ccccc4)ccc3Oc3cc(-c4ccccc4)cc(c31)Oc1c(-c3ccccc3)cccc12.S=P12c3cc(-c4ccccc4)ccc3Oc3cc(-c4ccccc4)cc(c31)Oc1ccc(-c3ccccc3)cc12.S=P12c3ccc(-c4ccccc4)cc3Oc3cc(-c4ccccc4)cc(c31)Oc1c(-c3ccccc3)cccc12. The Hall–Kier alpha value is -13.3. The first kappa shape index (κ1) is 73.1. The average Bonchev–Trinajstić information content (AvgIpc) is 0.705. The molecule has 0 spiro atoms. The molecule has 6 heterocycles. The molecule has 18 aromatic rings. The van der Waals surface area contributed by atoms with Crippen LogP contribution < -0.4 is 76.2 Å². The van der Waals surface area contributed by atoms with Crippen molar-refractivity contribution in [1.82, 2.24) is 0 Å². The van der Waals surface area contributed by atoms with Crippen LogP contribution in [0.1, 0.15) is 0 Å². The number of hydrogen-bond donors (Lipinski definition) is 0. The minimum atomic E-state index is -2.54. The first-order chi connectivity index (χ1) is 59.1. The largest absolute Gasteiger partial charge is 0.456 e. The maximum Gasteiger partial charge on any atom is 0.144 e. The van der Waals surface area contributed by atoms with Gasteiger partial charge in [-0.25, -0.2) is 0 Å². The third-order valence-corrected chi connectivity index (χ3v) is 37.7. The lowest BCUT2D eigenvalue weighted by Crippen LogP contribution is -2.35. The Balaban J connectivity index is 0.000000108. The summed E-state index contributed by atoms with van der Waals surface area (Å²) in [5.74, 6) is 9.71. The van der Waals surface area contributed by atoms with Gasteiger partial charge in [0.15, 0.2) is 0 Å². The molecule has 18 aromatic carbocycles. The fourth-order valence-electron chi connectivity index (χ4n) is 17.4. The minimum absolute atomic E-state index is 0.784. The van der Waals surface area contributed by atoms with Crippen LogP contribution in [0.15, 0.2) is 419 Å². The Bertz CT molecular complexity index is 7000. The van der Waals surface area contributed by atoms with Crippen molar-refractivity contribution in [1.29, 1.82) is 0 Å². The van der Waals surface area contributed by atoms with Crippen LogP contribution in [0.25, 0.3) is 100 Å². The van der Waals surface area contributed by atoms with Crippen LogP contribution in [0.4, 0.5) is 0 Å². The lowest BCUT2D eigenvalue weighted by molar-refractivity contribution is 0.466. The van der Waals surface area contributed by atoms with E-state index in [0.29, 0.717) is 0 Å². The Morgan fingerprint density at radius 3 is 0.667 bits per heavy atom. The number of fused-ring (bicyclic) bond motifs is 12. The molecule has 0 aliphatic carbocycles. The third kappa shape index (κ3) is 12.5. The highest BCUT2D eigenvalue weighted by atomic mass is 32.4. The van der Waals surface area contributed by atoms with Crippen molar-refractivity contribution >= 4 is 101 Å². The molecule has 0 saturated heterocycles. The third-order valence-electron chi connectivity index (χ3n) is 23.1. The van der Waals surface area contributed by atoms with Gasteiger partial charge in [-0.2, -0.15) is 0 Å². The molecule has 24 rings (SSSR count). The summed E-state index contributed by atoms with van der Waals surface area (Å²) in [7, 11) is 0. The quantitative estimate of drug-likeness (QED) is 0.132. The van der Waals surface area contributed by atoms with E-state index in [1.165, 1.54) is 0 Å². The molecule has 0 fully saturated rings. The van der Waals surface area contributed by atoms with Crippen LogP contribution in [-0.4, -0.2) is 0 Å². The van der Waals surface area contributed by atoms with Crippen molar-refractivity contribution in [2.45, 2.75) is 0 Å². The van der Waals surface area contributed by atoms with Crippen molar-refractivity contribution in [3.63, 3.8) is 0 Å². The van der Waals surface area contributed by atoms with E-state index >= 15 is 0 Å². The number of para-hydroxylation sites is 2. The fourth-order valence-corrected chi connectivity index (χ4v) is 30.9. The summed E-state index contributed by atoms with van der Waals surface area (Å²) < 4.78 is 40.4. The van der Waals surface area contributed by atoms with Crippen molar-refractivity contribution in [2.24, 2.45) is 0 Å². The van der Waals surface area contributed by atoms with E-state index in [0.717, 1.165) is 217 Å². The molecule has 0 amide bonds. The summed E-state index contributed by atoms with van der Waals surface area (Å²) >= 11 is 20.6. The molecule has 2 unspecified atom stereocenters. The highest BCUT2D eigenvalue weighted by Gasteiger charge is 2.48. The fraction of sp³-hybridized carbons (Fsp3) is 0. The Labute approximate surface area is 711 Å². The summed E-state index contributed by atoms with van der Waals surface area (Å²) in [5.41, 5.74) is 19.9. The molecule has 120 heavy (non-hydrogen) atoms. The van der Waals surface area contributed by atoms with E-state index in [1.54, 1.807) is 0 Å².